The number of ether oxygens (including phenoxy) is 2. The summed E-state index contributed by atoms with van der Waals surface area (Å²) in [7, 11) is 1.93. The number of hydrogen-bond acceptors (Lipinski definition) is 6. The Balaban J connectivity index is 1.52. The van der Waals surface area contributed by atoms with E-state index in [1.165, 1.54) is 5.56 Å². The van der Waals surface area contributed by atoms with Crippen LogP contribution in [0.15, 0.2) is 18.3 Å². The fourth-order valence-electron chi connectivity index (χ4n) is 5.06. The first-order chi connectivity index (χ1) is 16.6. The molecule has 35 heavy (non-hydrogen) atoms. The van der Waals surface area contributed by atoms with Gasteiger partial charge in [-0.3, -0.25) is 14.4 Å². The second-order valence-electron chi connectivity index (χ2n) is 10.1. The van der Waals surface area contributed by atoms with Crippen LogP contribution in [0.2, 0.25) is 5.02 Å². The molecular weight excluding hydrogens is 468 g/mol. The van der Waals surface area contributed by atoms with E-state index in [0.29, 0.717) is 39.1 Å². The third-order valence-electron chi connectivity index (χ3n) is 7.04. The second kappa shape index (κ2) is 10.9. The van der Waals surface area contributed by atoms with Gasteiger partial charge in [-0.1, -0.05) is 11.6 Å². The Hall–Kier alpha value is -2.13. The highest BCUT2D eigenvalue weighted by Gasteiger charge is 2.41. The fourth-order valence-corrected chi connectivity index (χ4v) is 5.16. The van der Waals surface area contributed by atoms with E-state index in [-0.39, 0.29) is 25.0 Å². The first-order valence-corrected chi connectivity index (χ1v) is 12.7. The zero-order valence-corrected chi connectivity index (χ0v) is 22.0. The van der Waals surface area contributed by atoms with Crippen molar-refractivity contribution < 1.29 is 19.4 Å². The standard InChI is InChI=1S/C26H37ClN4O4/c1-18-11-23(12-19(2)25(18)27)34-17-26(13-24(33)31-7-5-22(32)6-8-31)16-30(9-10-35-26)15-21-14-29(4)28-20(21)3/h11-12,14,22,32H,5-10,13,15-17H2,1-4H3. The van der Waals surface area contributed by atoms with Gasteiger partial charge in [0.25, 0.3) is 0 Å². The minimum absolute atomic E-state index is 0.0448. The molecule has 1 unspecified atom stereocenters. The second-order valence-corrected chi connectivity index (χ2v) is 10.5. The van der Waals surface area contributed by atoms with Gasteiger partial charge in [-0.25, -0.2) is 0 Å². The van der Waals surface area contributed by atoms with Crippen LogP contribution in [-0.2, 0) is 23.1 Å². The number of aliphatic hydroxyl groups is 1. The Morgan fingerprint density at radius 1 is 1.23 bits per heavy atom. The number of aryl methyl sites for hydroxylation is 4. The van der Waals surface area contributed by atoms with E-state index in [0.717, 1.165) is 40.7 Å². The van der Waals surface area contributed by atoms with Crippen LogP contribution in [0.3, 0.4) is 0 Å². The van der Waals surface area contributed by atoms with Gasteiger partial charge in [0.2, 0.25) is 5.91 Å². The molecule has 8 nitrogen and oxygen atoms in total. The molecule has 1 atom stereocenters. The molecule has 9 heteroatoms. The molecule has 0 spiro atoms. The summed E-state index contributed by atoms with van der Waals surface area (Å²) in [5.74, 6) is 0.768. The van der Waals surface area contributed by atoms with E-state index in [1.807, 2.05) is 55.7 Å². The van der Waals surface area contributed by atoms with Gasteiger partial charge in [0, 0.05) is 56.6 Å². The van der Waals surface area contributed by atoms with Crippen molar-refractivity contribution in [1.82, 2.24) is 19.6 Å². The molecule has 2 aliphatic rings. The summed E-state index contributed by atoms with van der Waals surface area (Å²) in [5, 5.41) is 15.1. The quantitative estimate of drug-likeness (QED) is 0.624. The third-order valence-corrected chi connectivity index (χ3v) is 7.64. The Morgan fingerprint density at radius 3 is 2.54 bits per heavy atom. The maximum atomic E-state index is 13.3. The molecule has 2 aliphatic heterocycles. The van der Waals surface area contributed by atoms with Gasteiger partial charge in [0.1, 0.15) is 18.0 Å². The van der Waals surface area contributed by atoms with Crippen molar-refractivity contribution in [2.75, 3.05) is 39.4 Å². The number of hydrogen-bond donors (Lipinski definition) is 1. The van der Waals surface area contributed by atoms with E-state index >= 15 is 0 Å². The normalized spacial score (nSPS) is 21.9. The molecule has 3 heterocycles. The predicted octanol–water partition coefficient (Wildman–Crippen LogP) is 3.02. The van der Waals surface area contributed by atoms with Crippen LogP contribution >= 0.6 is 11.6 Å². The number of carbonyl (C=O) groups is 1. The molecule has 0 radical (unpaired) electrons. The molecule has 1 N–H and O–H groups in total. The zero-order chi connectivity index (χ0) is 25.2. The average molecular weight is 505 g/mol. The number of likely N-dealkylation sites (tertiary alicyclic amines) is 1. The molecule has 2 fully saturated rings. The summed E-state index contributed by atoms with van der Waals surface area (Å²) < 4.78 is 14.4. The summed E-state index contributed by atoms with van der Waals surface area (Å²) in [6.45, 7) is 9.97. The van der Waals surface area contributed by atoms with Gasteiger partial charge in [-0.2, -0.15) is 5.10 Å². The van der Waals surface area contributed by atoms with Crippen molar-refractivity contribution in [3.63, 3.8) is 0 Å². The molecule has 4 rings (SSSR count). The lowest BCUT2D eigenvalue weighted by Gasteiger charge is -2.43. The Kier molecular flexibility index (Phi) is 8.06. The molecule has 1 aromatic carbocycles. The first kappa shape index (κ1) is 25.9. The highest BCUT2D eigenvalue weighted by molar-refractivity contribution is 6.32. The van der Waals surface area contributed by atoms with E-state index in [2.05, 4.69) is 10.00 Å². The average Bonchev–Trinajstić information content (AvgIpc) is 3.13. The van der Waals surface area contributed by atoms with Crippen molar-refractivity contribution in [2.24, 2.45) is 7.05 Å². The minimum Gasteiger partial charge on any atom is -0.490 e. The van der Waals surface area contributed by atoms with Crippen LogP contribution < -0.4 is 4.74 Å². The van der Waals surface area contributed by atoms with Crippen molar-refractivity contribution >= 4 is 17.5 Å². The summed E-state index contributed by atoms with van der Waals surface area (Å²) >= 11 is 6.34. The largest absolute Gasteiger partial charge is 0.490 e. The summed E-state index contributed by atoms with van der Waals surface area (Å²) in [4.78, 5) is 17.5. The Labute approximate surface area is 212 Å². The SMILES string of the molecule is Cc1cc(OCC2(CC(=O)N3CCC(O)CC3)CN(Cc3cn(C)nc3C)CCO2)cc(C)c1Cl. The fraction of sp³-hybridized carbons (Fsp3) is 0.615. The smallest absolute Gasteiger partial charge is 0.225 e. The van der Waals surface area contributed by atoms with Gasteiger partial charge in [-0.15, -0.1) is 0 Å². The van der Waals surface area contributed by atoms with E-state index in [1.54, 1.807) is 0 Å². The molecule has 0 bridgehead atoms. The molecule has 0 saturated carbocycles. The summed E-state index contributed by atoms with van der Waals surface area (Å²) in [5.41, 5.74) is 3.32. The maximum Gasteiger partial charge on any atom is 0.225 e. The van der Waals surface area contributed by atoms with Gasteiger partial charge < -0.3 is 19.5 Å². The minimum atomic E-state index is -0.775. The molecule has 1 aromatic heterocycles. The van der Waals surface area contributed by atoms with Gasteiger partial charge in [-0.05, 0) is 56.9 Å². The highest BCUT2D eigenvalue weighted by atomic mass is 35.5. The number of rotatable bonds is 7. The van der Waals surface area contributed by atoms with Gasteiger partial charge in [0.15, 0.2) is 0 Å². The van der Waals surface area contributed by atoms with Crippen molar-refractivity contribution in [1.29, 1.82) is 0 Å². The Morgan fingerprint density at radius 2 is 1.91 bits per heavy atom. The van der Waals surface area contributed by atoms with Gasteiger partial charge in [0.05, 0.1) is 24.8 Å². The topological polar surface area (TPSA) is 80.1 Å². The van der Waals surface area contributed by atoms with Crippen LogP contribution in [0.4, 0.5) is 0 Å². The molecule has 0 aliphatic carbocycles. The van der Waals surface area contributed by atoms with Crippen LogP contribution in [0.5, 0.6) is 5.75 Å². The monoisotopic (exact) mass is 504 g/mol. The molecule has 2 saturated heterocycles. The number of halogens is 1. The number of aromatic nitrogens is 2. The number of morpholine rings is 1. The van der Waals surface area contributed by atoms with Crippen molar-refractivity contribution in [3.05, 3.63) is 45.7 Å². The number of nitrogens with zero attached hydrogens (tertiary/aromatic N) is 4. The number of carbonyl (C=O) groups excluding carboxylic acids is 1. The summed E-state index contributed by atoms with van der Waals surface area (Å²) in [6, 6.07) is 3.85. The van der Waals surface area contributed by atoms with E-state index in [9.17, 15) is 9.90 Å². The van der Waals surface area contributed by atoms with E-state index < -0.39 is 5.60 Å². The van der Waals surface area contributed by atoms with Crippen molar-refractivity contribution in [3.8, 4) is 5.75 Å². The molecule has 2 aromatic rings. The van der Waals surface area contributed by atoms with Crippen LogP contribution in [0.25, 0.3) is 0 Å². The Bertz CT molecular complexity index is 1030. The van der Waals surface area contributed by atoms with Crippen LogP contribution in [0.1, 0.15) is 41.6 Å². The number of aliphatic hydroxyl groups excluding tert-OH is 1. The summed E-state index contributed by atoms with van der Waals surface area (Å²) in [6.07, 6.45) is 3.19. The van der Waals surface area contributed by atoms with E-state index in [4.69, 9.17) is 21.1 Å². The lowest BCUT2D eigenvalue weighted by Crippen LogP contribution is -2.57. The number of piperidine rings is 1. The molecule has 192 valence electrons. The molecular formula is C26H37ClN4O4. The lowest BCUT2D eigenvalue weighted by molar-refractivity contribution is -0.158. The lowest BCUT2D eigenvalue weighted by atomic mass is 9.95. The van der Waals surface area contributed by atoms with Crippen LogP contribution in [0, 0.1) is 20.8 Å². The molecule has 1 amide bonds. The van der Waals surface area contributed by atoms with Crippen molar-refractivity contribution in [2.45, 2.75) is 58.3 Å². The van der Waals surface area contributed by atoms with Gasteiger partial charge >= 0.3 is 0 Å². The third kappa shape index (κ3) is 6.36. The predicted molar refractivity (Wildman–Crippen MR) is 135 cm³/mol. The van der Waals surface area contributed by atoms with Crippen LogP contribution in [-0.4, -0.2) is 81.7 Å². The number of amides is 1. The maximum absolute atomic E-state index is 13.3. The highest BCUT2D eigenvalue weighted by Crippen LogP contribution is 2.30. The first-order valence-electron chi connectivity index (χ1n) is 12.3. The number of benzene rings is 1. The zero-order valence-electron chi connectivity index (χ0n) is 21.2.